The predicted octanol–water partition coefficient (Wildman–Crippen LogP) is 2.69. The van der Waals surface area contributed by atoms with Crippen LogP contribution < -0.4 is 10.6 Å². The summed E-state index contributed by atoms with van der Waals surface area (Å²) in [6, 6.07) is 1.04. The van der Waals surface area contributed by atoms with Gasteiger partial charge in [-0.3, -0.25) is 4.79 Å². The molecule has 0 aromatic carbocycles. The Morgan fingerprint density at radius 2 is 2.16 bits per heavy atom. The van der Waals surface area contributed by atoms with Crippen LogP contribution in [0.3, 0.4) is 0 Å². The molecule has 0 aliphatic heterocycles. The first kappa shape index (κ1) is 23.0. The van der Waals surface area contributed by atoms with Gasteiger partial charge in [-0.05, 0) is 43.9 Å². The lowest BCUT2D eigenvalue weighted by molar-refractivity contribution is 0.0927. The molecule has 0 saturated carbocycles. The van der Waals surface area contributed by atoms with Crippen molar-refractivity contribution in [3.05, 3.63) is 58.5 Å². The molecule has 2 heterocycles. The topological polar surface area (TPSA) is 112 Å². The van der Waals surface area contributed by atoms with Gasteiger partial charge in [-0.2, -0.15) is 4.98 Å². The zero-order chi connectivity index (χ0) is 22.4. The summed E-state index contributed by atoms with van der Waals surface area (Å²) in [4.78, 5) is 21.6. The molecule has 8 nitrogen and oxygen atoms in total. The Balaban J connectivity index is 1.76. The molecular weight excluding hydrogens is 418 g/mol. The third-order valence-corrected chi connectivity index (χ3v) is 5.47. The summed E-state index contributed by atoms with van der Waals surface area (Å²) in [6.07, 6.45) is 11.2. The van der Waals surface area contributed by atoms with E-state index < -0.39 is 6.04 Å². The average Bonchev–Trinajstić information content (AvgIpc) is 3.27. The number of amides is 1. The Bertz CT molecular complexity index is 981. The molecule has 0 bridgehead atoms. The predicted molar refractivity (Wildman–Crippen MR) is 120 cm³/mol. The summed E-state index contributed by atoms with van der Waals surface area (Å²) in [7, 11) is 0. The number of aromatic nitrogens is 3. The van der Waals surface area contributed by atoms with E-state index in [1.54, 1.807) is 35.3 Å². The molecule has 1 unspecified atom stereocenters. The first-order valence-electron chi connectivity index (χ1n) is 10.3. The number of carbonyl (C=O) groups excluding carboxylic acids is 1. The molecule has 31 heavy (non-hydrogen) atoms. The highest BCUT2D eigenvalue weighted by molar-refractivity contribution is 6.29. The molecule has 3 rings (SSSR count). The molecule has 1 aliphatic rings. The maximum absolute atomic E-state index is 12.8. The highest BCUT2D eigenvalue weighted by Gasteiger charge is 2.19. The number of allylic oxidation sites excluding steroid dienone is 2. The Kier molecular flexibility index (Phi) is 7.84. The van der Waals surface area contributed by atoms with Crippen molar-refractivity contribution in [1.29, 1.82) is 0 Å². The number of nitrogens with zero attached hydrogens (tertiary/aromatic N) is 3. The Labute approximate surface area is 186 Å². The number of halogens is 1. The molecule has 2 aromatic rings. The Morgan fingerprint density at radius 1 is 1.35 bits per heavy atom. The van der Waals surface area contributed by atoms with Crippen molar-refractivity contribution in [3.63, 3.8) is 0 Å². The molecule has 9 heteroatoms. The number of aliphatic hydroxyl groups excluding tert-OH is 2. The van der Waals surface area contributed by atoms with Crippen molar-refractivity contribution in [1.82, 2.24) is 19.9 Å². The van der Waals surface area contributed by atoms with Crippen molar-refractivity contribution < 1.29 is 15.0 Å². The second-order valence-corrected chi connectivity index (χ2v) is 7.97. The van der Waals surface area contributed by atoms with E-state index in [0.29, 0.717) is 22.4 Å². The second-order valence-electron chi connectivity index (χ2n) is 7.48. The fourth-order valence-corrected chi connectivity index (χ4v) is 3.53. The monoisotopic (exact) mass is 445 g/mol. The van der Waals surface area contributed by atoms with Gasteiger partial charge in [0, 0.05) is 29.2 Å². The van der Waals surface area contributed by atoms with E-state index in [0.717, 1.165) is 30.4 Å². The third kappa shape index (κ3) is 5.72. The van der Waals surface area contributed by atoms with Gasteiger partial charge in [0.25, 0.3) is 5.91 Å². The van der Waals surface area contributed by atoms with Crippen LogP contribution in [0, 0.1) is 6.92 Å². The number of carbonyl (C=O) groups is 1. The third-order valence-electron chi connectivity index (χ3n) is 5.17. The first-order valence-corrected chi connectivity index (χ1v) is 10.7. The van der Waals surface area contributed by atoms with Gasteiger partial charge >= 0.3 is 0 Å². The minimum absolute atomic E-state index is 0.0141. The minimum Gasteiger partial charge on any atom is -0.394 e. The van der Waals surface area contributed by atoms with Crippen molar-refractivity contribution in [3.8, 4) is 5.82 Å². The number of aryl methyl sites for hydroxylation is 1. The minimum atomic E-state index is -0.522. The van der Waals surface area contributed by atoms with Crippen molar-refractivity contribution in [2.75, 3.05) is 18.5 Å². The van der Waals surface area contributed by atoms with Crippen LogP contribution in [0.1, 0.15) is 42.1 Å². The number of nitrogens with one attached hydrogen (secondary N) is 2. The van der Waals surface area contributed by atoms with Crippen molar-refractivity contribution in [2.24, 2.45) is 0 Å². The van der Waals surface area contributed by atoms with E-state index >= 15 is 0 Å². The molecule has 0 radical (unpaired) electrons. The quantitative estimate of drug-likeness (QED) is 0.472. The maximum Gasteiger partial charge on any atom is 0.253 e. The van der Waals surface area contributed by atoms with E-state index in [1.165, 1.54) is 0 Å². The fraction of sp³-hybridized carbons (Fsp3) is 0.409. The van der Waals surface area contributed by atoms with E-state index in [1.807, 2.05) is 19.9 Å². The van der Waals surface area contributed by atoms with E-state index in [2.05, 4.69) is 20.6 Å². The van der Waals surface area contributed by atoms with Gasteiger partial charge in [0.15, 0.2) is 0 Å². The zero-order valence-electron chi connectivity index (χ0n) is 17.7. The molecule has 0 spiro atoms. The van der Waals surface area contributed by atoms with Gasteiger partial charge in [-0.15, -0.1) is 0 Å². The van der Waals surface area contributed by atoms with Gasteiger partial charge < -0.3 is 25.4 Å². The fourth-order valence-electron chi connectivity index (χ4n) is 3.29. The molecule has 4 N–H and O–H groups in total. The molecule has 1 amide bonds. The first-order chi connectivity index (χ1) is 14.9. The highest BCUT2D eigenvalue weighted by Crippen LogP contribution is 2.22. The zero-order valence-corrected chi connectivity index (χ0v) is 18.4. The van der Waals surface area contributed by atoms with E-state index in [-0.39, 0.29) is 25.2 Å². The van der Waals surface area contributed by atoms with Crippen LogP contribution in [0.15, 0.2) is 47.4 Å². The Morgan fingerprint density at radius 3 is 2.84 bits per heavy atom. The number of hydrogen-bond acceptors (Lipinski definition) is 6. The SMILES string of the molecule is CCC(CO)Nc1ncc(C)c(-n2ccc(C(=O)N[C@@H](CO)C3=CCCC(Cl)=C3)c2)n1. The smallest absolute Gasteiger partial charge is 0.253 e. The largest absolute Gasteiger partial charge is 0.394 e. The number of rotatable bonds is 9. The number of anilines is 1. The van der Waals surface area contributed by atoms with Crippen molar-refractivity contribution in [2.45, 2.75) is 45.2 Å². The summed E-state index contributed by atoms with van der Waals surface area (Å²) < 4.78 is 1.75. The summed E-state index contributed by atoms with van der Waals surface area (Å²) in [6.45, 7) is 3.62. The lowest BCUT2D eigenvalue weighted by Gasteiger charge is -2.20. The Hall–Kier alpha value is -2.68. The van der Waals surface area contributed by atoms with Crippen LogP contribution in [0.5, 0.6) is 0 Å². The van der Waals surface area contributed by atoms with Gasteiger partial charge in [0.1, 0.15) is 5.82 Å². The molecule has 0 fully saturated rings. The van der Waals surface area contributed by atoms with Gasteiger partial charge in [-0.1, -0.05) is 24.6 Å². The van der Waals surface area contributed by atoms with Crippen LogP contribution in [0.2, 0.25) is 0 Å². The number of hydrogen-bond donors (Lipinski definition) is 4. The molecule has 2 aromatic heterocycles. The molecular formula is C22H28ClN5O3. The molecule has 166 valence electrons. The van der Waals surface area contributed by atoms with Gasteiger partial charge in [-0.25, -0.2) is 4.98 Å². The lowest BCUT2D eigenvalue weighted by atomic mass is 10.00. The summed E-state index contributed by atoms with van der Waals surface area (Å²) >= 11 is 6.11. The summed E-state index contributed by atoms with van der Waals surface area (Å²) in [5.41, 5.74) is 2.09. The number of aliphatic hydroxyl groups is 2. The van der Waals surface area contributed by atoms with Gasteiger partial charge in [0.05, 0.1) is 30.9 Å². The summed E-state index contributed by atoms with van der Waals surface area (Å²) in [5, 5.41) is 25.8. The standard InChI is InChI=1S/C22H28ClN5O3/c1-3-18(12-29)25-22-24-10-14(2)20(27-22)28-8-7-16(11-28)21(31)26-19(13-30)15-5-4-6-17(23)9-15/h5,7-11,18-19,29-30H,3-4,6,12-13H2,1-2H3,(H,26,31)(H,24,25,27)/t18?,19-/m0/s1. The van der Waals surface area contributed by atoms with Crippen LogP contribution in [-0.4, -0.2) is 56.0 Å². The maximum atomic E-state index is 12.8. The van der Waals surface area contributed by atoms with Crippen LogP contribution >= 0.6 is 11.6 Å². The van der Waals surface area contributed by atoms with E-state index in [4.69, 9.17) is 11.6 Å². The average molecular weight is 446 g/mol. The van der Waals surface area contributed by atoms with E-state index in [9.17, 15) is 15.0 Å². The lowest BCUT2D eigenvalue weighted by Crippen LogP contribution is -2.38. The second kappa shape index (κ2) is 10.6. The highest BCUT2D eigenvalue weighted by atomic mass is 35.5. The van der Waals surface area contributed by atoms with Crippen LogP contribution in [0.25, 0.3) is 5.82 Å². The van der Waals surface area contributed by atoms with Crippen molar-refractivity contribution >= 4 is 23.5 Å². The molecule has 2 atom stereocenters. The van der Waals surface area contributed by atoms with Crippen LogP contribution in [0.4, 0.5) is 5.95 Å². The normalized spacial score (nSPS) is 15.6. The van der Waals surface area contributed by atoms with Gasteiger partial charge in [0.2, 0.25) is 5.95 Å². The van der Waals surface area contributed by atoms with Crippen LogP contribution in [-0.2, 0) is 0 Å². The summed E-state index contributed by atoms with van der Waals surface area (Å²) in [5.74, 6) is 0.743. The molecule has 1 aliphatic carbocycles. The molecule has 0 saturated heterocycles.